The molecule has 2 aromatic rings. The smallest absolute Gasteiger partial charge is 0.319 e. The normalized spacial score (nSPS) is 13.9. The van der Waals surface area contributed by atoms with Crippen molar-refractivity contribution < 1.29 is 9.90 Å². The van der Waals surface area contributed by atoms with Crippen molar-refractivity contribution in [3.8, 4) is 0 Å². The summed E-state index contributed by atoms with van der Waals surface area (Å²) in [4.78, 5) is 14.2. The summed E-state index contributed by atoms with van der Waals surface area (Å²) in [7, 11) is 4.12. The molecule has 0 saturated carbocycles. The van der Waals surface area contributed by atoms with Gasteiger partial charge in [-0.1, -0.05) is 6.92 Å². The molecule has 0 saturated heterocycles. The van der Waals surface area contributed by atoms with Crippen LogP contribution in [0.4, 0.5) is 10.5 Å². The Labute approximate surface area is 143 Å². The van der Waals surface area contributed by atoms with Crippen LogP contribution in [0.5, 0.6) is 0 Å². The van der Waals surface area contributed by atoms with E-state index in [9.17, 15) is 4.79 Å². The largest absolute Gasteiger partial charge is 0.396 e. The summed E-state index contributed by atoms with van der Waals surface area (Å²) in [5, 5.41) is 15.9. The Balaban J connectivity index is 2.02. The first-order chi connectivity index (χ1) is 11.4. The van der Waals surface area contributed by atoms with Gasteiger partial charge in [-0.25, -0.2) is 4.79 Å². The van der Waals surface area contributed by atoms with E-state index >= 15 is 0 Å². The van der Waals surface area contributed by atoms with Crippen molar-refractivity contribution in [2.45, 2.75) is 26.4 Å². The topological polar surface area (TPSA) is 69.5 Å². The Morgan fingerprint density at radius 1 is 1.29 bits per heavy atom. The first-order valence-electron chi connectivity index (χ1n) is 8.32. The minimum atomic E-state index is -0.255. The number of fused-ring (bicyclic) bond motifs is 1. The van der Waals surface area contributed by atoms with E-state index in [-0.39, 0.29) is 24.6 Å². The van der Waals surface area contributed by atoms with Crippen LogP contribution in [0.25, 0.3) is 10.9 Å². The second kappa shape index (κ2) is 8.17. The first kappa shape index (κ1) is 18.3. The predicted octanol–water partition coefficient (Wildman–Crippen LogP) is 2.34. The summed E-state index contributed by atoms with van der Waals surface area (Å²) in [6, 6.07) is 7.63. The third kappa shape index (κ3) is 4.72. The number of carbonyl (C=O) groups excluding carboxylic acids is 1. The lowest BCUT2D eigenvalue weighted by Crippen LogP contribution is -2.40. The standard InChI is InChI=1S/C18H28N4O2/c1-13(12-23)14(2)19-18(24)20-16-5-6-17-15(11-16)7-8-22(17)10-9-21(3)4/h5-8,11,13-14,23H,9-10,12H2,1-4H3,(H2,19,20,24). The highest BCUT2D eigenvalue weighted by atomic mass is 16.3. The van der Waals surface area contributed by atoms with Gasteiger partial charge in [-0.3, -0.25) is 0 Å². The molecule has 3 N–H and O–H groups in total. The number of carbonyl (C=O) groups is 1. The molecule has 0 bridgehead atoms. The van der Waals surface area contributed by atoms with Crippen LogP contribution in [0.3, 0.4) is 0 Å². The summed E-state index contributed by atoms with van der Waals surface area (Å²) < 4.78 is 2.21. The van der Waals surface area contributed by atoms with Crippen LogP contribution in [0.2, 0.25) is 0 Å². The number of nitrogens with one attached hydrogen (secondary N) is 2. The molecule has 0 aliphatic carbocycles. The fourth-order valence-corrected chi connectivity index (χ4v) is 2.45. The van der Waals surface area contributed by atoms with Crippen molar-refractivity contribution in [2.24, 2.45) is 5.92 Å². The maximum Gasteiger partial charge on any atom is 0.319 e. The molecular weight excluding hydrogens is 304 g/mol. The lowest BCUT2D eigenvalue weighted by Gasteiger charge is -2.19. The van der Waals surface area contributed by atoms with Crippen molar-refractivity contribution in [1.29, 1.82) is 0 Å². The summed E-state index contributed by atoms with van der Waals surface area (Å²) in [5.74, 6) is 0.0176. The van der Waals surface area contributed by atoms with Crippen LogP contribution in [-0.2, 0) is 6.54 Å². The van der Waals surface area contributed by atoms with E-state index in [0.717, 1.165) is 29.7 Å². The second-order valence-electron chi connectivity index (χ2n) is 6.63. The van der Waals surface area contributed by atoms with Crippen LogP contribution in [0.1, 0.15) is 13.8 Å². The summed E-state index contributed by atoms with van der Waals surface area (Å²) in [5.41, 5.74) is 1.92. The highest BCUT2D eigenvalue weighted by Gasteiger charge is 2.14. The Morgan fingerprint density at radius 2 is 2.04 bits per heavy atom. The number of hydrogen-bond acceptors (Lipinski definition) is 3. The molecule has 0 spiro atoms. The molecule has 0 aliphatic rings. The molecule has 2 atom stereocenters. The molecule has 0 radical (unpaired) electrons. The third-order valence-corrected chi connectivity index (χ3v) is 4.32. The Morgan fingerprint density at radius 3 is 2.71 bits per heavy atom. The van der Waals surface area contributed by atoms with Crippen LogP contribution in [-0.4, -0.2) is 53.9 Å². The highest BCUT2D eigenvalue weighted by Crippen LogP contribution is 2.20. The molecule has 132 valence electrons. The lowest BCUT2D eigenvalue weighted by atomic mass is 10.1. The fraction of sp³-hybridized carbons (Fsp3) is 0.500. The zero-order valence-corrected chi connectivity index (χ0v) is 14.9. The van der Waals surface area contributed by atoms with Gasteiger partial charge in [0.1, 0.15) is 0 Å². The molecule has 1 aromatic heterocycles. The van der Waals surface area contributed by atoms with Crippen molar-refractivity contribution in [1.82, 2.24) is 14.8 Å². The number of likely N-dealkylation sites (N-methyl/N-ethyl adjacent to an activating group) is 1. The number of aliphatic hydroxyl groups is 1. The number of anilines is 1. The first-order valence-corrected chi connectivity index (χ1v) is 8.32. The SMILES string of the molecule is CC(CO)C(C)NC(=O)Nc1ccc2c(ccn2CCN(C)C)c1. The molecule has 6 nitrogen and oxygen atoms in total. The van der Waals surface area contributed by atoms with Crippen LogP contribution in [0.15, 0.2) is 30.5 Å². The van der Waals surface area contributed by atoms with E-state index in [2.05, 4.69) is 46.5 Å². The molecule has 6 heteroatoms. The number of urea groups is 1. The Kier molecular flexibility index (Phi) is 6.23. The zero-order valence-electron chi connectivity index (χ0n) is 14.9. The number of aliphatic hydroxyl groups excluding tert-OH is 1. The summed E-state index contributed by atoms with van der Waals surface area (Å²) >= 11 is 0. The Hall–Kier alpha value is -2.05. The number of hydrogen-bond donors (Lipinski definition) is 3. The van der Waals surface area contributed by atoms with Gasteiger partial charge in [0.25, 0.3) is 0 Å². The van der Waals surface area contributed by atoms with E-state index in [1.807, 2.05) is 32.0 Å². The number of rotatable bonds is 7. The average molecular weight is 332 g/mol. The zero-order chi connectivity index (χ0) is 17.7. The minimum absolute atomic E-state index is 0.0176. The van der Waals surface area contributed by atoms with Crippen molar-refractivity contribution in [3.63, 3.8) is 0 Å². The quantitative estimate of drug-likeness (QED) is 0.729. The maximum absolute atomic E-state index is 12.0. The Bertz CT molecular complexity index is 681. The van der Waals surface area contributed by atoms with E-state index < -0.39 is 0 Å². The second-order valence-corrected chi connectivity index (χ2v) is 6.63. The van der Waals surface area contributed by atoms with Gasteiger partial charge in [-0.05, 0) is 51.2 Å². The van der Waals surface area contributed by atoms with Gasteiger partial charge in [-0.15, -0.1) is 0 Å². The molecule has 2 amide bonds. The third-order valence-electron chi connectivity index (χ3n) is 4.32. The lowest BCUT2D eigenvalue weighted by molar-refractivity contribution is 0.204. The number of amides is 2. The van der Waals surface area contributed by atoms with E-state index in [1.54, 1.807) is 0 Å². The van der Waals surface area contributed by atoms with Gasteiger partial charge in [0.05, 0.1) is 0 Å². The van der Waals surface area contributed by atoms with Crippen molar-refractivity contribution in [2.75, 3.05) is 32.6 Å². The molecule has 0 aliphatic heterocycles. The van der Waals surface area contributed by atoms with Crippen molar-refractivity contribution in [3.05, 3.63) is 30.5 Å². The van der Waals surface area contributed by atoms with Gasteiger partial charge in [0.2, 0.25) is 0 Å². The molecule has 24 heavy (non-hydrogen) atoms. The molecule has 1 aromatic carbocycles. The fourth-order valence-electron chi connectivity index (χ4n) is 2.45. The van der Waals surface area contributed by atoms with Crippen LogP contribution < -0.4 is 10.6 Å². The molecule has 0 fully saturated rings. The predicted molar refractivity (Wildman–Crippen MR) is 98.4 cm³/mol. The maximum atomic E-state index is 12.0. The average Bonchev–Trinajstić information content (AvgIpc) is 2.94. The van der Waals surface area contributed by atoms with Gasteiger partial charge in [0, 0.05) is 48.5 Å². The number of benzene rings is 1. The molecular formula is C18H28N4O2. The highest BCUT2D eigenvalue weighted by molar-refractivity contribution is 5.93. The molecule has 1 heterocycles. The molecule has 2 unspecified atom stereocenters. The minimum Gasteiger partial charge on any atom is -0.396 e. The van der Waals surface area contributed by atoms with Gasteiger partial charge < -0.3 is 25.2 Å². The monoisotopic (exact) mass is 332 g/mol. The van der Waals surface area contributed by atoms with E-state index in [0.29, 0.717) is 0 Å². The van der Waals surface area contributed by atoms with E-state index in [1.165, 1.54) is 0 Å². The summed E-state index contributed by atoms with van der Waals surface area (Å²) in [6.07, 6.45) is 2.07. The van der Waals surface area contributed by atoms with Gasteiger partial charge >= 0.3 is 6.03 Å². The van der Waals surface area contributed by atoms with Gasteiger partial charge in [0.15, 0.2) is 0 Å². The van der Waals surface area contributed by atoms with Crippen LogP contribution >= 0.6 is 0 Å². The van der Waals surface area contributed by atoms with E-state index in [4.69, 9.17) is 5.11 Å². The van der Waals surface area contributed by atoms with Gasteiger partial charge in [-0.2, -0.15) is 0 Å². The molecule has 2 rings (SSSR count). The van der Waals surface area contributed by atoms with Crippen LogP contribution in [0, 0.1) is 5.92 Å². The van der Waals surface area contributed by atoms with Crippen molar-refractivity contribution >= 4 is 22.6 Å². The number of aromatic nitrogens is 1. The number of nitrogens with zero attached hydrogens (tertiary/aromatic N) is 2. The summed E-state index contributed by atoms with van der Waals surface area (Å²) in [6.45, 7) is 5.74.